The molecule has 4 heteroatoms. The lowest BCUT2D eigenvalue weighted by molar-refractivity contribution is 0.204. The second kappa shape index (κ2) is 4.35. The quantitative estimate of drug-likeness (QED) is 0.861. The highest BCUT2D eigenvalue weighted by Crippen LogP contribution is 2.32. The lowest BCUT2D eigenvalue weighted by Crippen LogP contribution is -2.49. The van der Waals surface area contributed by atoms with Crippen molar-refractivity contribution in [1.29, 1.82) is 0 Å². The van der Waals surface area contributed by atoms with Crippen LogP contribution in [0.25, 0.3) is 0 Å². The first-order valence-electron chi connectivity index (χ1n) is 6.02. The van der Waals surface area contributed by atoms with Crippen molar-refractivity contribution in [2.75, 3.05) is 13.1 Å². The third-order valence-corrected chi connectivity index (χ3v) is 3.27. The summed E-state index contributed by atoms with van der Waals surface area (Å²) in [7, 11) is 0. The van der Waals surface area contributed by atoms with Crippen LogP contribution in [0.1, 0.15) is 26.3 Å². The Morgan fingerprint density at radius 2 is 2.06 bits per heavy atom. The number of aromatic nitrogens is 1. The summed E-state index contributed by atoms with van der Waals surface area (Å²) in [4.78, 5) is 10.7. The van der Waals surface area contributed by atoms with E-state index in [-0.39, 0.29) is 5.54 Å². The minimum absolute atomic E-state index is 0.128. The van der Waals surface area contributed by atoms with Crippen LogP contribution in [0, 0.1) is 5.92 Å². The van der Waals surface area contributed by atoms with E-state index < -0.39 is 0 Å². The highest BCUT2D eigenvalue weighted by Gasteiger charge is 2.39. The van der Waals surface area contributed by atoms with Crippen LogP contribution in [0.15, 0.2) is 29.5 Å². The van der Waals surface area contributed by atoms with E-state index in [1.165, 1.54) is 5.56 Å². The number of pyridine rings is 1. The van der Waals surface area contributed by atoms with E-state index >= 15 is 0 Å². The molecule has 0 amide bonds. The second-order valence-corrected chi connectivity index (χ2v) is 5.19. The lowest BCUT2D eigenvalue weighted by Gasteiger charge is -2.37. The van der Waals surface area contributed by atoms with Crippen molar-refractivity contribution in [2.45, 2.75) is 26.3 Å². The molecule has 1 aromatic rings. The molecule has 0 saturated carbocycles. The van der Waals surface area contributed by atoms with Crippen molar-refractivity contribution in [3.05, 3.63) is 30.1 Å². The van der Waals surface area contributed by atoms with Crippen LogP contribution < -0.4 is 5.73 Å². The van der Waals surface area contributed by atoms with E-state index in [4.69, 9.17) is 5.73 Å². The highest BCUT2D eigenvalue weighted by molar-refractivity contribution is 5.81. The van der Waals surface area contributed by atoms with Gasteiger partial charge in [0.25, 0.3) is 0 Å². The zero-order chi connectivity index (χ0) is 12.5. The maximum absolute atomic E-state index is 6.00. The Morgan fingerprint density at radius 1 is 1.41 bits per heavy atom. The molecule has 1 unspecified atom stereocenters. The third-order valence-electron chi connectivity index (χ3n) is 3.27. The van der Waals surface area contributed by atoms with Gasteiger partial charge in [-0.1, -0.05) is 13.8 Å². The molecule has 2 heterocycles. The number of rotatable bonds is 3. The van der Waals surface area contributed by atoms with Crippen LogP contribution in [-0.2, 0) is 5.54 Å². The van der Waals surface area contributed by atoms with E-state index in [0.717, 1.165) is 13.1 Å². The summed E-state index contributed by atoms with van der Waals surface area (Å²) < 4.78 is 0. The van der Waals surface area contributed by atoms with E-state index in [2.05, 4.69) is 35.6 Å². The largest absolute Gasteiger partial charge is 0.370 e. The predicted molar refractivity (Wildman–Crippen MR) is 69.6 cm³/mol. The van der Waals surface area contributed by atoms with Crippen LogP contribution in [-0.4, -0.2) is 28.9 Å². The number of nitrogens with zero attached hydrogens (tertiary/aromatic N) is 3. The van der Waals surface area contributed by atoms with Gasteiger partial charge in [-0.3, -0.25) is 9.98 Å². The molecule has 1 aliphatic rings. The summed E-state index contributed by atoms with van der Waals surface area (Å²) in [5.74, 6) is 1.21. The summed E-state index contributed by atoms with van der Waals surface area (Å²) in [6.07, 6.45) is 3.64. The Labute approximate surface area is 103 Å². The van der Waals surface area contributed by atoms with Crippen molar-refractivity contribution in [3.63, 3.8) is 0 Å². The minimum Gasteiger partial charge on any atom is -0.370 e. The zero-order valence-corrected chi connectivity index (χ0v) is 10.7. The molecule has 0 fully saturated rings. The average Bonchev–Trinajstić information content (AvgIpc) is 2.59. The molecular weight excluding hydrogens is 212 g/mol. The van der Waals surface area contributed by atoms with Crippen molar-refractivity contribution in [2.24, 2.45) is 16.6 Å². The molecule has 0 saturated heterocycles. The van der Waals surface area contributed by atoms with Gasteiger partial charge in [-0.05, 0) is 30.5 Å². The first-order chi connectivity index (χ1) is 8.04. The van der Waals surface area contributed by atoms with Crippen LogP contribution in [0.5, 0.6) is 0 Å². The number of guanidine groups is 1. The Kier molecular flexibility index (Phi) is 3.05. The molecule has 1 aromatic heterocycles. The lowest BCUT2D eigenvalue weighted by atomic mass is 9.91. The highest BCUT2D eigenvalue weighted by atomic mass is 15.4. The smallest absolute Gasteiger partial charge is 0.192 e. The molecule has 17 heavy (non-hydrogen) atoms. The number of hydrogen-bond donors (Lipinski definition) is 1. The van der Waals surface area contributed by atoms with Crippen LogP contribution in [0.4, 0.5) is 0 Å². The summed E-state index contributed by atoms with van der Waals surface area (Å²) in [5.41, 5.74) is 7.09. The van der Waals surface area contributed by atoms with Gasteiger partial charge in [-0.2, -0.15) is 0 Å². The Hall–Kier alpha value is -1.58. The van der Waals surface area contributed by atoms with E-state index in [0.29, 0.717) is 11.9 Å². The van der Waals surface area contributed by atoms with Crippen molar-refractivity contribution in [3.8, 4) is 0 Å². The topological polar surface area (TPSA) is 54.5 Å². The third kappa shape index (κ3) is 2.12. The Bertz CT molecular complexity index is 413. The van der Waals surface area contributed by atoms with Gasteiger partial charge in [0.2, 0.25) is 0 Å². The van der Waals surface area contributed by atoms with Gasteiger partial charge in [0.1, 0.15) is 0 Å². The van der Waals surface area contributed by atoms with E-state index in [9.17, 15) is 0 Å². The summed E-state index contributed by atoms with van der Waals surface area (Å²) in [5, 5.41) is 0. The molecule has 2 N–H and O–H groups in total. The fourth-order valence-electron chi connectivity index (χ4n) is 2.28. The molecular formula is C13H20N4. The molecule has 0 spiro atoms. The average molecular weight is 232 g/mol. The van der Waals surface area contributed by atoms with Crippen LogP contribution >= 0.6 is 0 Å². The first-order valence-corrected chi connectivity index (χ1v) is 6.02. The van der Waals surface area contributed by atoms with Crippen LogP contribution in [0.3, 0.4) is 0 Å². The summed E-state index contributed by atoms with van der Waals surface area (Å²) in [6, 6.07) is 4.09. The van der Waals surface area contributed by atoms with Crippen LogP contribution in [0.2, 0.25) is 0 Å². The molecule has 2 rings (SSSR count). The molecule has 4 nitrogen and oxygen atoms in total. The molecule has 0 aliphatic carbocycles. The summed E-state index contributed by atoms with van der Waals surface area (Å²) >= 11 is 0. The van der Waals surface area contributed by atoms with Gasteiger partial charge in [0, 0.05) is 18.9 Å². The molecule has 1 aliphatic heterocycles. The Balaban J connectivity index is 2.31. The van der Waals surface area contributed by atoms with E-state index in [1.807, 2.05) is 24.5 Å². The fraction of sp³-hybridized carbons (Fsp3) is 0.538. The van der Waals surface area contributed by atoms with Gasteiger partial charge in [0.05, 0.1) is 12.1 Å². The maximum atomic E-state index is 6.00. The number of aliphatic imine (C=N–C) groups is 1. The van der Waals surface area contributed by atoms with Gasteiger partial charge in [-0.25, -0.2) is 0 Å². The molecule has 0 radical (unpaired) electrons. The van der Waals surface area contributed by atoms with Crippen molar-refractivity contribution >= 4 is 5.96 Å². The maximum Gasteiger partial charge on any atom is 0.192 e. The second-order valence-electron chi connectivity index (χ2n) is 5.19. The van der Waals surface area contributed by atoms with Gasteiger partial charge in [-0.15, -0.1) is 0 Å². The van der Waals surface area contributed by atoms with Crippen molar-refractivity contribution < 1.29 is 0 Å². The van der Waals surface area contributed by atoms with Gasteiger partial charge < -0.3 is 10.6 Å². The van der Waals surface area contributed by atoms with Gasteiger partial charge in [0.15, 0.2) is 5.96 Å². The minimum atomic E-state index is -0.128. The number of nitrogens with two attached hydrogens (primary N) is 1. The SMILES string of the molecule is CC(C)CN1C(N)=NCC1(C)c1ccncc1. The molecule has 0 bridgehead atoms. The summed E-state index contributed by atoms with van der Waals surface area (Å²) in [6.45, 7) is 8.22. The number of hydrogen-bond acceptors (Lipinski definition) is 4. The van der Waals surface area contributed by atoms with Gasteiger partial charge >= 0.3 is 0 Å². The molecule has 92 valence electrons. The predicted octanol–water partition coefficient (Wildman–Crippen LogP) is 1.58. The first kappa shape index (κ1) is 11.9. The monoisotopic (exact) mass is 232 g/mol. The standard InChI is InChI=1S/C13H20N4/c1-10(2)8-17-12(14)16-9-13(17,3)11-4-6-15-7-5-11/h4-7,10H,8-9H2,1-3H3,(H2,14,16). The zero-order valence-electron chi connectivity index (χ0n) is 10.7. The molecule has 1 atom stereocenters. The molecule has 0 aromatic carbocycles. The Morgan fingerprint density at radius 3 is 2.65 bits per heavy atom. The fourth-order valence-corrected chi connectivity index (χ4v) is 2.28. The van der Waals surface area contributed by atoms with E-state index in [1.54, 1.807) is 0 Å². The van der Waals surface area contributed by atoms with Crippen molar-refractivity contribution in [1.82, 2.24) is 9.88 Å². The normalized spacial score (nSPS) is 24.2.